The molecular weight excluding hydrogens is 579 g/mol. The number of aromatic nitrogens is 1. The first-order chi connectivity index (χ1) is 19.4. The van der Waals surface area contributed by atoms with E-state index in [1.807, 2.05) is 0 Å². The summed E-state index contributed by atoms with van der Waals surface area (Å²) in [6.07, 6.45) is 1.26. The van der Waals surface area contributed by atoms with Crippen LogP contribution in [0.1, 0.15) is 0 Å². The van der Waals surface area contributed by atoms with Gasteiger partial charge in [-0.1, -0.05) is 18.2 Å². The highest BCUT2D eigenvalue weighted by Crippen LogP contribution is 2.38. The van der Waals surface area contributed by atoms with E-state index in [1.54, 1.807) is 24.3 Å². The van der Waals surface area contributed by atoms with Gasteiger partial charge in [-0.15, -0.1) is 0 Å². The molecule has 4 aromatic carbocycles. The second kappa shape index (κ2) is 10.4. The molecule has 1 heterocycles. The smallest absolute Gasteiger partial charge is 0.342 e. The zero-order chi connectivity index (χ0) is 29.6. The van der Waals surface area contributed by atoms with Gasteiger partial charge in [0, 0.05) is 17.1 Å². The first-order valence-corrected chi connectivity index (χ1v) is 12.8. The lowest BCUT2D eigenvalue weighted by Crippen LogP contribution is -2.15. The molecule has 1 aromatic heterocycles. The minimum absolute atomic E-state index is 0.0623. The summed E-state index contributed by atoms with van der Waals surface area (Å²) >= 11 is 0. The van der Waals surface area contributed by atoms with E-state index in [2.05, 4.69) is 9.17 Å². The minimum atomic E-state index is -5.44. The molecule has 0 bridgehead atoms. The van der Waals surface area contributed by atoms with E-state index >= 15 is 4.39 Å². The van der Waals surface area contributed by atoms with Gasteiger partial charge in [0.25, 0.3) is 0 Å². The number of methoxy groups -OCH3 is 1. The summed E-state index contributed by atoms with van der Waals surface area (Å²) in [4.78, 5) is 3.01. The lowest BCUT2D eigenvalue weighted by atomic mass is 9.99. The van der Waals surface area contributed by atoms with Gasteiger partial charge in [0.2, 0.25) is 34.8 Å². The van der Waals surface area contributed by atoms with Crippen LogP contribution in [0.15, 0.2) is 71.8 Å². The molecule has 0 fully saturated rings. The normalized spacial score (nSPS) is 11.6. The SMILES string of the molecule is COc1cc(-c2cccc(F)c2)ccc1-c1nccc2cc(S(=O)(=O)Oc3c(F)c(F)c(F)c(F)c3F)c(F)cc12. The summed E-state index contributed by atoms with van der Waals surface area (Å²) < 4.78 is 132. The predicted octanol–water partition coefficient (Wildman–Crippen LogP) is 7.32. The average molecular weight is 593 g/mol. The van der Waals surface area contributed by atoms with Crippen LogP contribution in [0.25, 0.3) is 33.2 Å². The van der Waals surface area contributed by atoms with Crippen molar-refractivity contribution in [1.82, 2.24) is 4.98 Å². The van der Waals surface area contributed by atoms with Crippen molar-refractivity contribution < 1.29 is 48.1 Å². The fraction of sp³-hybridized carbons (Fsp3) is 0.0357. The summed E-state index contributed by atoms with van der Waals surface area (Å²) in [7, 11) is -4.08. The van der Waals surface area contributed by atoms with E-state index in [0.717, 1.165) is 12.1 Å². The number of halogens is 7. The van der Waals surface area contributed by atoms with Crippen LogP contribution in [-0.4, -0.2) is 20.5 Å². The standard InChI is InChI=1S/C28H14F7NO4S/c1-39-20-10-14(13-3-2-4-16(29)9-13)5-6-17(20)27-18-12-19(30)21(11-15(18)7-8-36-27)41(37,38)40-28-25(34)23(32)22(31)24(33)26(28)35/h2-12H,1H3. The number of fused-ring (bicyclic) bond motifs is 1. The number of pyridine rings is 1. The maximum absolute atomic E-state index is 15.2. The lowest BCUT2D eigenvalue weighted by molar-refractivity contribution is 0.346. The van der Waals surface area contributed by atoms with Crippen LogP contribution in [0.2, 0.25) is 0 Å². The molecule has 210 valence electrons. The molecule has 5 nitrogen and oxygen atoms in total. The quantitative estimate of drug-likeness (QED) is 0.0894. The van der Waals surface area contributed by atoms with Crippen molar-refractivity contribution in [2.75, 3.05) is 7.11 Å². The number of nitrogens with zero attached hydrogens (tertiary/aromatic N) is 1. The summed E-state index contributed by atoms with van der Waals surface area (Å²) in [5.74, 6) is -16.3. The Hall–Kier alpha value is -4.65. The van der Waals surface area contributed by atoms with Crippen molar-refractivity contribution >= 4 is 20.9 Å². The first kappa shape index (κ1) is 27.9. The molecule has 13 heteroatoms. The Labute approximate surface area is 227 Å². The zero-order valence-electron chi connectivity index (χ0n) is 20.5. The fourth-order valence-corrected chi connectivity index (χ4v) is 5.15. The van der Waals surface area contributed by atoms with Crippen LogP contribution < -0.4 is 8.92 Å². The minimum Gasteiger partial charge on any atom is -0.496 e. The third kappa shape index (κ3) is 4.92. The van der Waals surface area contributed by atoms with Crippen LogP contribution in [-0.2, 0) is 10.1 Å². The molecule has 0 saturated carbocycles. The van der Waals surface area contributed by atoms with E-state index in [-0.39, 0.29) is 22.2 Å². The third-order valence-electron chi connectivity index (χ3n) is 6.06. The predicted molar refractivity (Wildman–Crippen MR) is 133 cm³/mol. The highest BCUT2D eigenvalue weighted by Gasteiger charge is 2.32. The van der Waals surface area contributed by atoms with E-state index in [1.165, 1.54) is 37.6 Å². The topological polar surface area (TPSA) is 65.5 Å². The van der Waals surface area contributed by atoms with Gasteiger partial charge in [-0.2, -0.15) is 17.2 Å². The molecule has 0 saturated heterocycles. The number of hydrogen-bond acceptors (Lipinski definition) is 5. The second-order valence-corrected chi connectivity index (χ2v) is 10.0. The van der Waals surface area contributed by atoms with E-state index in [0.29, 0.717) is 16.7 Å². The van der Waals surface area contributed by atoms with Crippen LogP contribution in [0, 0.1) is 40.7 Å². The molecule has 0 N–H and O–H groups in total. The summed E-state index contributed by atoms with van der Waals surface area (Å²) in [6.45, 7) is 0. The maximum atomic E-state index is 15.2. The Morgan fingerprint density at radius 2 is 1.39 bits per heavy atom. The van der Waals surface area contributed by atoms with Gasteiger partial charge in [-0.25, -0.2) is 22.0 Å². The molecule has 0 atom stereocenters. The van der Waals surface area contributed by atoms with Crippen molar-refractivity contribution in [3.05, 3.63) is 108 Å². The Bertz CT molecular complexity index is 1940. The molecule has 0 amide bonds. The number of benzene rings is 4. The number of ether oxygens (including phenoxy) is 1. The number of hydrogen-bond donors (Lipinski definition) is 0. The lowest BCUT2D eigenvalue weighted by Gasteiger charge is -2.14. The Kier molecular flexibility index (Phi) is 7.07. The van der Waals surface area contributed by atoms with Gasteiger partial charge >= 0.3 is 10.1 Å². The molecule has 0 aliphatic heterocycles. The van der Waals surface area contributed by atoms with E-state index < -0.39 is 61.5 Å². The Morgan fingerprint density at radius 1 is 0.732 bits per heavy atom. The van der Waals surface area contributed by atoms with Crippen molar-refractivity contribution in [3.8, 4) is 33.9 Å². The summed E-state index contributed by atoms with van der Waals surface area (Å²) in [5.41, 5.74) is 1.64. The Morgan fingerprint density at radius 3 is 2.05 bits per heavy atom. The second-order valence-electron chi connectivity index (χ2n) is 8.53. The van der Waals surface area contributed by atoms with Crippen LogP contribution in [0.5, 0.6) is 11.5 Å². The number of rotatable bonds is 6. The van der Waals surface area contributed by atoms with E-state index in [9.17, 15) is 34.8 Å². The highest BCUT2D eigenvalue weighted by molar-refractivity contribution is 7.87. The van der Waals surface area contributed by atoms with Crippen LogP contribution >= 0.6 is 0 Å². The van der Waals surface area contributed by atoms with Crippen molar-refractivity contribution in [3.63, 3.8) is 0 Å². The van der Waals surface area contributed by atoms with Gasteiger partial charge in [0.05, 0.1) is 12.8 Å². The summed E-state index contributed by atoms with van der Waals surface area (Å²) in [6, 6.07) is 13.4. The maximum Gasteiger partial charge on any atom is 0.342 e. The highest BCUT2D eigenvalue weighted by atomic mass is 32.2. The molecule has 41 heavy (non-hydrogen) atoms. The fourth-order valence-electron chi connectivity index (χ4n) is 4.13. The molecule has 0 unspecified atom stereocenters. The van der Waals surface area contributed by atoms with Crippen LogP contribution in [0.3, 0.4) is 0 Å². The van der Waals surface area contributed by atoms with E-state index in [4.69, 9.17) is 4.74 Å². The van der Waals surface area contributed by atoms with Gasteiger partial charge in [0.1, 0.15) is 22.3 Å². The van der Waals surface area contributed by atoms with Gasteiger partial charge in [-0.3, -0.25) is 4.98 Å². The zero-order valence-corrected chi connectivity index (χ0v) is 21.3. The molecule has 5 aromatic rings. The molecule has 0 aliphatic rings. The Balaban J connectivity index is 1.60. The first-order valence-electron chi connectivity index (χ1n) is 11.4. The molecule has 5 rings (SSSR count). The van der Waals surface area contributed by atoms with Crippen molar-refractivity contribution in [2.24, 2.45) is 0 Å². The average Bonchev–Trinajstić information content (AvgIpc) is 2.96. The molecular formula is C28H14F7NO4S. The summed E-state index contributed by atoms with van der Waals surface area (Å²) in [5, 5.41) is 0.143. The largest absolute Gasteiger partial charge is 0.496 e. The van der Waals surface area contributed by atoms with Crippen molar-refractivity contribution in [2.45, 2.75) is 4.90 Å². The molecule has 0 spiro atoms. The van der Waals surface area contributed by atoms with Gasteiger partial charge in [0.15, 0.2) is 0 Å². The van der Waals surface area contributed by atoms with Gasteiger partial charge in [-0.05, 0) is 59.0 Å². The molecule has 0 aliphatic carbocycles. The van der Waals surface area contributed by atoms with Gasteiger partial charge < -0.3 is 8.92 Å². The van der Waals surface area contributed by atoms with Crippen molar-refractivity contribution in [1.29, 1.82) is 0 Å². The van der Waals surface area contributed by atoms with Crippen LogP contribution in [0.4, 0.5) is 30.7 Å². The monoisotopic (exact) mass is 593 g/mol. The third-order valence-corrected chi connectivity index (χ3v) is 7.30. The molecule has 0 radical (unpaired) electrons.